The monoisotopic (exact) mass is 285 g/mol. The van der Waals surface area contributed by atoms with Crippen molar-refractivity contribution in [1.29, 1.82) is 0 Å². The van der Waals surface area contributed by atoms with Gasteiger partial charge in [0.05, 0.1) is 6.42 Å². The SMILES string of the molecule is CCN1CCCC1CNC(=O)Cc1[c]c2cccnc2[nH]1. The minimum absolute atomic E-state index is 0.0424. The molecule has 0 aromatic carbocycles. The van der Waals surface area contributed by atoms with E-state index < -0.39 is 0 Å². The number of aromatic nitrogens is 2. The molecule has 2 aromatic heterocycles. The Morgan fingerprint density at radius 3 is 3.33 bits per heavy atom. The van der Waals surface area contributed by atoms with Gasteiger partial charge in [0.2, 0.25) is 5.91 Å². The van der Waals surface area contributed by atoms with Crippen molar-refractivity contribution >= 4 is 16.9 Å². The van der Waals surface area contributed by atoms with Gasteiger partial charge in [0.25, 0.3) is 0 Å². The molecule has 0 aliphatic carbocycles. The van der Waals surface area contributed by atoms with Gasteiger partial charge in [0.15, 0.2) is 0 Å². The van der Waals surface area contributed by atoms with Crippen LogP contribution in [0.5, 0.6) is 0 Å². The topological polar surface area (TPSA) is 61.0 Å². The molecule has 1 radical (unpaired) electrons. The molecule has 111 valence electrons. The summed E-state index contributed by atoms with van der Waals surface area (Å²) in [5.41, 5.74) is 1.58. The number of nitrogens with one attached hydrogen (secondary N) is 2. The maximum Gasteiger partial charge on any atom is 0.226 e. The van der Waals surface area contributed by atoms with Crippen LogP contribution in [0.4, 0.5) is 0 Å². The largest absolute Gasteiger partial charge is 0.354 e. The van der Waals surface area contributed by atoms with Gasteiger partial charge in [-0.1, -0.05) is 6.92 Å². The average molecular weight is 285 g/mol. The van der Waals surface area contributed by atoms with Crippen LogP contribution in [0.1, 0.15) is 25.5 Å². The average Bonchev–Trinajstić information content (AvgIpc) is 3.10. The van der Waals surface area contributed by atoms with E-state index in [1.165, 1.54) is 12.8 Å². The number of nitrogens with zero attached hydrogens (tertiary/aromatic N) is 2. The van der Waals surface area contributed by atoms with Crippen LogP contribution >= 0.6 is 0 Å². The molecule has 3 heterocycles. The highest BCUT2D eigenvalue weighted by Crippen LogP contribution is 2.16. The predicted molar refractivity (Wildman–Crippen MR) is 81.9 cm³/mol. The molecule has 1 amide bonds. The predicted octanol–water partition coefficient (Wildman–Crippen LogP) is 1.51. The van der Waals surface area contributed by atoms with Crippen molar-refractivity contribution in [2.45, 2.75) is 32.2 Å². The summed E-state index contributed by atoms with van der Waals surface area (Å²) < 4.78 is 0. The van der Waals surface area contributed by atoms with Gasteiger partial charge in [0.1, 0.15) is 5.65 Å². The smallest absolute Gasteiger partial charge is 0.226 e. The second-order valence-corrected chi connectivity index (χ2v) is 5.53. The molecule has 0 spiro atoms. The fourth-order valence-electron chi connectivity index (χ4n) is 3.03. The zero-order chi connectivity index (χ0) is 14.7. The van der Waals surface area contributed by atoms with E-state index in [1.807, 2.05) is 12.1 Å². The first kappa shape index (κ1) is 14.1. The van der Waals surface area contributed by atoms with Gasteiger partial charge >= 0.3 is 0 Å². The van der Waals surface area contributed by atoms with E-state index in [-0.39, 0.29) is 5.91 Å². The third-order valence-corrected chi connectivity index (χ3v) is 4.14. The summed E-state index contributed by atoms with van der Waals surface area (Å²) in [7, 11) is 0. The number of H-pyrrole nitrogens is 1. The number of hydrogen-bond donors (Lipinski definition) is 2. The third kappa shape index (κ3) is 3.24. The Balaban J connectivity index is 1.54. The lowest BCUT2D eigenvalue weighted by Gasteiger charge is -2.22. The van der Waals surface area contributed by atoms with E-state index in [0.717, 1.165) is 36.4 Å². The number of likely N-dealkylation sites (tertiary alicyclic amines) is 1. The number of fused-ring (bicyclic) bond motifs is 1. The number of carbonyl (C=O) groups is 1. The molecule has 21 heavy (non-hydrogen) atoms. The highest BCUT2D eigenvalue weighted by molar-refractivity contribution is 5.81. The molecular formula is C16H21N4O. The van der Waals surface area contributed by atoms with E-state index >= 15 is 0 Å². The van der Waals surface area contributed by atoms with E-state index in [1.54, 1.807) is 6.20 Å². The molecule has 0 saturated carbocycles. The lowest BCUT2D eigenvalue weighted by atomic mass is 10.2. The molecule has 1 unspecified atom stereocenters. The van der Waals surface area contributed by atoms with Crippen LogP contribution in [-0.4, -0.2) is 46.5 Å². The van der Waals surface area contributed by atoms with E-state index in [4.69, 9.17) is 0 Å². The molecule has 1 fully saturated rings. The first-order valence-electron chi connectivity index (χ1n) is 7.62. The lowest BCUT2D eigenvalue weighted by molar-refractivity contribution is -0.120. The van der Waals surface area contributed by atoms with Gasteiger partial charge in [-0.3, -0.25) is 9.69 Å². The number of hydrogen-bond acceptors (Lipinski definition) is 3. The van der Waals surface area contributed by atoms with Gasteiger partial charge in [-0.2, -0.15) is 0 Å². The summed E-state index contributed by atoms with van der Waals surface area (Å²) in [6, 6.07) is 7.49. The molecule has 5 nitrogen and oxygen atoms in total. The minimum Gasteiger partial charge on any atom is -0.354 e. The second-order valence-electron chi connectivity index (χ2n) is 5.53. The Bertz CT molecular complexity index is 589. The van der Waals surface area contributed by atoms with Gasteiger partial charge in [0, 0.05) is 35.9 Å². The third-order valence-electron chi connectivity index (χ3n) is 4.14. The Kier molecular flexibility index (Phi) is 4.20. The van der Waals surface area contributed by atoms with Crippen LogP contribution in [0, 0.1) is 6.07 Å². The van der Waals surface area contributed by atoms with Gasteiger partial charge < -0.3 is 10.3 Å². The van der Waals surface area contributed by atoms with Crippen molar-refractivity contribution in [3.63, 3.8) is 0 Å². The molecule has 1 aliphatic rings. The molecule has 1 atom stereocenters. The first-order valence-corrected chi connectivity index (χ1v) is 7.62. The quantitative estimate of drug-likeness (QED) is 0.875. The summed E-state index contributed by atoms with van der Waals surface area (Å²) in [6.07, 6.45) is 4.47. The summed E-state index contributed by atoms with van der Waals surface area (Å²) in [5.74, 6) is 0.0424. The van der Waals surface area contributed by atoms with Crippen molar-refractivity contribution in [3.05, 3.63) is 30.1 Å². The molecule has 1 saturated heterocycles. The Hall–Kier alpha value is -1.88. The highest BCUT2D eigenvalue weighted by atomic mass is 16.1. The van der Waals surface area contributed by atoms with Gasteiger partial charge in [-0.05, 0) is 38.1 Å². The number of pyridine rings is 1. The van der Waals surface area contributed by atoms with Crippen LogP contribution in [-0.2, 0) is 11.2 Å². The standard InChI is InChI=1S/C16H21N4O/c1-2-20-8-4-6-14(20)11-18-15(21)10-13-9-12-5-3-7-17-16(12)19-13/h3,5,7,14H,2,4,6,8,10-11H2,1H3,(H,17,19)(H,18,21). The summed E-state index contributed by atoms with van der Waals surface area (Å²) in [4.78, 5) is 21.8. The van der Waals surface area contributed by atoms with E-state index in [2.05, 4.69) is 33.2 Å². The molecule has 2 aromatic rings. The van der Waals surface area contributed by atoms with Crippen LogP contribution in [0.3, 0.4) is 0 Å². The summed E-state index contributed by atoms with van der Waals surface area (Å²) >= 11 is 0. The number of carbonyl (C=O) groups excluding carboxylic acids is 1. The summed E-state index contributed by atoms with van der Waals surface area (Å²) in [6.45, 7) is 5.12. The van der Waals surface area contributed by atoms with Crippen molar-refractivity contribution in [1.82, 2.24) is 20.2 Å². The lowest BCUT2D eigenvalue weighted by Crippen LogP contribution is -2.40. The zero-order valence-electron chi connectivity index (χ0n) is 12.4. The second kappa shape index (κ2) is 6.26. The van der Waals surface area contributed by atoms with Crippen LogP contribution in [0.2, 0.25) is 0 Å². The van der Waals surface area contributed by atoms with Crippen LogP contribution < -0.4 is 5.32 Å². The zero-order valence-corrected chi connectivity index (χ0v) is 12.4. The molecule has 2 N–H and O–H groups in total. The van der Waals surface area contributed by atoms with Gasteiger partial charge in [-0.25, -0.2) is 4.98 Å². The maximum atomic E-state index is 12.1. The fourth-order valence-corrected chi connectivity index (χ4v) is 3.03. The Labute approximate surface area is 124 Å². The summed E-state index contributed by atoms with van der Waals surface area (Å²) in [5, 5.41) is 3.97. The normalized spacial score (nSPS) is 19.2. The molecule has 0 bridgehead atoms. The van der Waals surface area contributed by atoms with Crippen molar-refractivity contribution in [2.75, 3.05) is 19.6 Å². The minimum atomic E-state index is 0.0424. The molecule has 1 aliphatic heterocycles. The van der Waals surface area contributed by atoms with Crippen LogP contribution in [0.15, 0.2) is 18.3 Å². The first-order chi connectivity index (χ1) is 10.3. The maximum absolute atomic E-state index is 12.1. The number of aromatic amines is 1. The van der Waals surface area contributed by atoms with Crippen LogP contribution in [0.25, 0.3) is 11.0 Å². The van der Waals surface area contributed by atoms with E-state index in [0.29, 0.717) is 12.5 Å². The number of rotatable bonds is 5. The number of amides is 1. The van der Waals surface area contributed by atoms with Gasteiger partial charge in [-0.15, -0.1) is 0 Å². The highest BCUT2D eigenvalue weighted by Gasteiger charge is 2.23. The number of likely N-dealkylation sites (N-methyl/N-ethyl adjacent to an activating group) is 1. The Morgan fingerprint density at radius 2 is 2.52 bits per heavy atom. The van der Waals surface area contributed by atoms with Crippen molar-refractivity contribution in [3.8, 4) is 0 Å². The molecule has 3 rings (SSSR count). The van der Waals surface area contributed by atoms with E-state index in [9.17, 15) is 4.79 Å². The molecule has 5 heteroatoms. The molecular weight excluding hydrogens is 264 g/mol. The van der Waals surface area contributed by atoms with Crippen molar-refractivity contribution in [2.24, 2.45) is 0 Å². The Morgan fingerprint density at radius 1 is 1.62 bits per heavy atom. The fraction of sp³-hybridized carbons (Fsp3) is 0.500. The van der Waals surface area contributed by atoms with Crippen molar-refractivity contribution < 1.29 is 4.79 Å².